The van der Waals surface area contributed by atoms with Crippen molar-refractivity contribution in [1.29, 1.82) is 0 Å². The molecule has 0 amide bonds. The highest BCUT2D eigenvalue weighted by Gasteiger charge is 2.10. The first-order chi connectivity index (χ1) is 11.2. The van der Waals surface area contributed by atoms with Gasteiger partial charge in [-0.3, -0.25) is 0 Å². The van der Waals surface area contributed by atoms with Gasteiger partial charge in [0, 0.05) is 0 Å². The third kappa shape index (κ3) is 17.5. The first-order valence-corrected chi connectivity index (χ1v) is 10.1. The van der Waals surface area contributed by atoms with Crippen molar-refractivity contribution in [2.24, 2.45) is 0 Å². The average molecular weight is 329 g/mol. The van der Waals surface area contributed by atoms with Crippen LogP contribution < -0.4 is 0 Å². The van der Waals surface area contributed by atoms with E-state index < -0.39 is 6.16 Å². The van der Waals surface area contributed by atoms with Crippen LogP contribution in [0.25, 0.3) is 0 Å². The molecule has 0 aromatic rings. The lowest BCUT2D eigenvalue weighted by Crippen LogP contribution is -2.15. The van der Waals surface area contributed by atoms with E-state index in [9.17, 15) is 4.79 Å². The maximum Gasteiger partial charge on any atom is 0.506 e. The molecule has 0 heterocycles. The van der Waals surface area contributed by atoms with E-state index in [0.717, 1.165) is 19.3 Å². The van der Waals surface area contributed by atoms with Crippen LogP contribution in [0.2, 0.25) is 0 Å². The molecule has 1 atom stereocenters. The zero-order valence-electron chi connectivity index (χ0n) is 15.7. The van der Waals surface area contributed by atoms with Crippen LogP contribution in [0.1, 0.15) is 117 Å². The van der Waals surface area contributed by atoms with Crippen LogP contribution in [0.5, 0.6) is 0 Å². The van der Waals surface area contributed by atoms with Gasteiger partial charge in [0.1, 0.15) is 6.10 Å². The third-order valence-electron chi connectivity index (χ3n) is 4.60. The summed E-state index contributed by atoms with van der Waals surface area (Å²) in [5, 5.41) is 8.61. The molecular weight excluding hydrogens is 288 g/mol. The highest BCUT2D eigenvalue weighted by Crippen LogP contribution is 2.15. The van der Waals surface area contributed by atoms with Crippen LogP contribution in [0.4, 0.5) is 4.79 Å². The predicted molar refractivity (Wildman–Crippen MR) is 98.1 cm³/mol. The van der Waals surface area contributed by atoms with Gasteiger partial charge >= 0.3 is 6.16 Å². The second-order valence-electron chi connectivity index (χ2n) is 6.80. The summed E-state index contributed by atoms with van der Waals surface area (Å²) >= 11 is 0. The van der Waals surface area contributed by atoms with Gasteiger partial charge in [0.2, 0.25) is 0 Å². The van der Waals surface area contributed by atoms with E-state index in [-0.39, 0.29) is 6.10 Å². The van der Waals surface area contributed by atoms with Crippen molar-refractivity contribution in [3.8, 4) is 0 Å². The van der Waals surface area contributed by atoms with Crippen molar-refractivity contribution in [3.05, 3.63) is 0 Å². The van der Waals surface area contributed by atoms with Crippen LogP contribution in [-0.2, 0) is 4.74 Å². The van der Waals surface area contributed by atoms with Gasteiger partial charge < -0.3 is 9.84 Å². The molecule has 1 unspecified atom stereocenters. The van der Waals surface area contributed by atoms with Gasteiger partial charge in [-0.15, -0.1) is 0 Å². The Morgan fingerprint density at radius 1 is 0.739 bits per heavy atom. The SMILES string of the molecule is CCCCCCCCCCCCCCCCC(CC)OC(=O)O. The number of carboxylic acid groups (broad SMARTS) is 1. The molecule has 0 aromatic carbocycles. The molecule has 0 aliphatic rings. The molecule has 138 valence electrons. The first-order valence-electron chi connectivity index (χ1n) is 10.1. The van der Waals surface area contributed by atoms with Crippen molar-refractivity contribution < 1.29 is 14.6 Å². The lowest BCUT2D eigenvalue weighted by atomic mass is 10.0. The molecule has 0 aromatic heterocycles. The molecule has 0 rings (SSSR count). The van der Waals surface area contributed by atoms with Gasteiger partial charge in [-0.05, 0) is 19.3 Å². The fraction of sp³-hybridized carbons (Fsp3) is 0.950. The maximum atomic E-state index is 10.5. The normalized spacial score (nSPS) is 12.3. The number of unbranched alkanes of at least 4 members (excludes halogenated alkanes) is 13. The fourth-order valence-corrected chi connectivity index (χ4v) is 3.06. The fourth-order valence-electron chi connectivity index (χ4n) is 3.06. The van der Waals surface area contributed by atoms with Crippen LogP contribution in [-0.4, -0.2) is 17.4 Å². The quantitative estimate of drug-likeness (QED) is 0.224. The minimum atomic E-state index is -1.14. The van der Waals surface area contributed by atoms with E-state index in [1.165, 1.54) is 83.5 Å². The van der Waals surface area contributed by atoms with Gasteiger partial charge in [0.25, 0.3) is 0 Å². The molecule has 0 radical (unpaired) electrons. The Bertz CT molecular complexity index is 253. The minimum absolute atomic E-state index is 0.107. The summed E-state index contributed by atoms with van der Waals surface area (Å²) in [6.07, 6.45) is 19.3. The van der Waals surface area contributed by atoms with E-state index in [4.69, 9.17) is 9.84 Å². The number of ether oxygens (including phenoxy) is 1. The zero-order valence-corrected chi connectivity index (χ0v) is 15.7. The van der Waals surface area contributed by atoms with Crippen LogP contribution >= 0.6 is 0 Å². The summed E-state index contributed by atoms with van der Waals surface area (Å²) in [6.45, 7) is 4.25. The second kappa shape index (κ2) is 17.6. The lowest BCUT2D eigenvalue weighted by molar-refractivity contribution is 0.0454. The highest BCUT2D eigenvalue weighted by molar-refractivity contribution is 5.57. The Morgan fingerprint density at radius 3 is 1.48 bits per heavy atom. The highest BCUT2D eigenvalue weighted by atomic mass is 16.7. The molecule has 0 saturated heterocycles. The number of hydrogen-bond acceptors (Lipinski definition) is 2. The largest absolute Gasteiger partial charge is 0.506 e. The molecule has 23 heavy (non-hydrogen) atoms. The average Bonchev–Trinajstić information content (AvgIpc) is 2.53. The molecular formula is C20H40O3. The summed E-state index contributed by atoms with van der Waals surface area (Å²) in [5.74, 6) is 0. The summed E-state index contributed by atoms with van der Waals surface area (Å²) < 4.78 is 4.83. The molecule has 0 aliphatic heterocycles. The van der Waals surface area contributed by atoms with Crippen LogP contribution in [0, 0.1) is 0 Å². The van der Waals surface area contributed by atoms with E-state index >= 15 is 0 Å². The Kier molecular flexibility index (Phi) is 17.1. The Hall–Kier alpha value is -0.730. The Balaban J connectivity index is 3.17. The number of carbonyl (C=O) groups is 1. The van der Waals surface area contributed by atoms with Gasteiger partial charge in [-0.2, -0.15) is 0 Å². The van der Waals surface area contributed by atoms with E-state index in [2.05, 4.69) is 6.92 Å². The van der Waals surface area contributed by atoms with Crippen molar-refractivity contribution in [1.82, 2.24) is 0 Å². The summed E-state index contributed by atoms with van der Waals surface area (Å²) in [7, 11) is 0. The van der Waals surface area contributed by atoms with Crippen LogP contribution in [0.15, 0.2) is 0 Å². The molecule has 0 saturated carbocycles. The summed E-state index contributed by atoms with van der Waals surface area (Å²) in [6, 6.07) is 0. The van der Waals surface area contributed by atoms with Crippen molar-refractivity contribution >= 4 is 6.16 Å². The van der Waals surface area contributed by atoms with E-state index in [1.807, 2.05) is 6.92 Å². The third-order valence-corrected chi connectivity index (χ3v) is 4.60. The molecule has 0 aliphatic carbocycles. The van der Waals surface area contributed by atoms with Crippen molar-refractivity contribution in [3.63, 3.8) is 0 Å². The van der Waals surface area contributed by atoms with Crippen LogP contribution in [0.3, 0.4) is 0 Å². The minimum Gasteiger partial charge on any atom is -0.450 e. The molecule has 0 bridgehead atoms. The van der Waals surface area contributed by atoms with Gasteiger partial charge in [0.05, 0.1) is 0 Å². The first kappa shape index (κ1) is 22.3. The molecule has 3 nitrogen and oxygen atoms in total. The Morgan fingerprint density at radius 2 is 1.13 bits per heavy atom. The van der Waals surface area contributed by atoms with Gasteiger partial charge in [-0.1, -0.05) is 97.3 Å². The predicted octanol–water partition coefficient (Wildman–Crippen LogP) is 7.33. The standard InChI is InChI=1S/C20H40O3/c1-3-5-6-7-8-9-10-11-12-13-14-15-16-17-18-19(4-2)23-20(21)22/h19H,3-18H2,1-2H3,(H,21,22). The van der Waals surface area contributed by atoms with Gasteiger partial charge in [0.15, 0.2) is 0 Å². The molecule has 0 fully saturated rings. The zero-order chi connectivity index (χ0) is 17.2. The van der Waals surface area contributed by atoms with Gasteiger partial charge in [-0.25, -0.2) is 4.79 Å². The lowest BCUT2D eigenvalue weighted by Gasteiger charge is -2.13. The molecule has 3 heteroatoms. The topological polar surface area (TPSA) is 46.5 Å². The smallest absolute Gasteiger partial charge is 0.450 e. The molecule has 0 spiro atoms. The maximum absolute atomic E-state index is 10.5. The summed E-state index contributed by atoms with van der Waals surface area (Å²) in [5.41, 5.74) is 0. The molecule has 1 N–H and O–H groups in total. The number of hydrogen-bond donors (Lipinski definition) is 1. The monoisotopic (exact) mass is 328 g/mol. The number of rotatable bonds is 17. The van der Waals surface area contributed by atoms with E-state index in [1.54, 1.807) is 0 Å². The summed E-state index contributed by atoms with van der Waals surface area (Å²) in [4.78, 5) is 10.5. The van der Waals surface area contributed by atoms with Crippen molar-refractivity contribution in [2.75, 3.05) is 0 Å². The van der Waals surface area contributed by atoms with E-state index in [0.29, 0.717) is 0 Å². The second-order valence-corrected chi connectivity index (χ2v) is 6.80. The Labute approximate surface area is 144 Å². The van der Waals surface area contributed by atoms with Crippen molar-refractivity contribution in [2.45, 2.75) is 123 Å².